The van der Waals surface area contributed by atoms with Crippen LogP contribution in [0.1, 0.15) is 12.5 Å². The molecule has 0 unspecified atom stereocenters. The molecule has 25 heavy (non-hydrogen) atoms. The maximum Gasteiger partial charge on any atom is 0.411 e. The summed E-state index contributed by atoms with van der Waals surface area (Å²) in [5.41, 5.74) is 7.34. The summed E-state index contributed by atoms with van der Waals surface area (Å²) >= 11 is 1.49. The van der Waals surface area contributed by atoms with Crippen LogP contribution in [0.4, 0.5) is 16.3 Å². The number of benzene rings is 1. The summed E-state index contributed by atoms with van der Waals surface area (Å²) in [4.78, 5) is 16.7. The summed E-state index contributed by atoms with van der Waals surface area (Å²) in [6.07, 6.45) is -1.06. The predicted molar refractivity (Wildman–Crippen MR) is 98.8 cm³/mol. The van der Waals surface area contributed by atoms with E-state index in [1.807, 2.05) is 18.2 Å². The van der Waals surface area contributed by atoms with Crippen molar-refractivity contribution < 1.29 is 19.4 Å². The molecule has 0 aliphatic carbocycles. The van der Waals surface area contributed by atoms with Crippen LogP contribution in [0.25, 0.3) is 0 Å². The van der Waals surface area contributed by atoms with Gasteiger partial charge in [0, 0.05) is 18.4 Å². The molecule has 1 aromatic carbocycles. The van der Waals surface area contributed by atoms with E-state index in [4.69, 9.17) is 15.2 Å². The van der Waals surface area contributed by atoms with Crippen molar-refractivity contribution in [3.05, 3.63) is 35.9 Å². The van der Waals surface area contributed by atoms with Gasteiger partial charge < -0.3 is 20.3 Å². The zero-order chi connectivity index (χ0) is 18.4. The SMILES string of the molecule is CCN(C(=O)O)c1ccc(SCc2cc(OC)cc(OC)c2)nc1N. The number of hydrogen-bond acceptors (Lipinski definition) is 6. The molecule has 0 bridgehead atoms. The van der Waals surface area contributed by atoms with Gasteiger partial charge in [0.05, 0.1) is 24.9 Å². The topological polar surface area (TPSA) is 97.9 Å². The highest BCUT2D eigenvalue weighted by molar-refractivity contribution is 7.98. The Bertz CT molecular complexity index is 732. The van der Waals surface area contributed by atoms with E-state index in [9.17, 15) is 9.90 Å². The minimum Gasteiger partial charge on any atom is -0.497 e. The van der Waals surface area contributed by atoms with Crippen molar-refractivity contribution in [3.63, 3.8) is 0 Å². The Kier molecular flexibility index (Phi) is 6.35. The zero-order valence-corrected chi connectivity index (χ0v) is 15.2. The second-order valence-corrected chi connectivity index (χ2v) is 6.09. The van der Waals surface area contributed by atoms with E-state index in [1.165, 1.54) is 11.8 Å². The molecule has 0 saturated heterocycles. The van der Waals surface area contributed by atoms with Crippen molar-refractivity contribution in [2.24, 2.45) is 0 Å². The fourth-order valence-corrected chi connectivity index (χ4v) is 3.08. The largest absolute Gasteiger partial charge is 0.497 e. The standard InChI is InChI=1S/C17H21N3O4S/c1-4-20(17(21)22)14-5-6-15(19-16(14)18)25-10-11-7-12(23-2)9-13(8-11)24-3/h5-9H,4,10H2,1-3H3,(H2,18,19)(H,21,22). The van der Waals surface area contributed by atoms with Gasteiger partial charge >= 0.3 is 6.09 Å². The lowest BCUT2D eigenvalue weighted by Crippen LogP contribution is -2.29. The van der Waals surface area contributed by atoms with Crippen LogP contribution in [0, 0.1) is 0 Å². The number of anilines is 2. The number of nitrogen functional groups attached to an aromatic ring is 1. The Morgan fingerprint density at radius 3 is 2.36 bits per heavy atom. The van der Waals surface area contributed by atoms with Crippen molar-refractivity contribution >= 4 is 29.4 Å². The van der Waals surface area contributed by atoms with Gasteiger partial charge in [-0.2, -0.15) is 0 Å². The molecule has 1 amide bonds. The Balaban J connectivity index is 2.14. The minimum atomic E-state index is -1.06. The Hall–Kier alpha value is -2.61. The molecule has 0 saturated carbocycles. The lowest BCUT2D eigenvalue weighted by molar-refractivity contribution is 0.202. The molecule has 0 aliphatic heterocycles. The fourth-order valence-electron chi connectivity index (χ4n) is 2.27. The summed E-state index contributed by atoms with van der Waals surface area (Å²) in [6.45, 7) is 2.05. The van der Waals surface area contributed by atoms with Gasteiger partial charge in [0.25, 0.3) is 0 Å². The van der Waals surface area contributed by atoms with Crippen molar-refractivity contribution in [1.82, 2.24) is 4.98 Å². The normalized spacial score (nSPS) is 10.4. The smallest absolute Gasteiger partial charge is 0.411 e. The number of amides is 1. The highest BCUT2D eigenvalue weighted by atomic mass is 32.2. The van der Waals surface area contributed by atoms with Crippen LogP contribution in [-0.2, 0) is 5.75 Å². The van der Waals surface area contributed by atoms with Gasteiger partial charge in [-0.1, -0.05) is 0 Å². The molecular formula is C17H21N3O4S. The number of methoxy groups -OCH3 is 2. The van der Waals surface area contributed by atoms with Gasteiger partial charge in [0.1, 0.15) is 17.3 Å². The number of carbonyl (C=O) groups is 1. The minimum absolute atomic E-state index is 0.192. The summed E-state index contributed by atoms with van der Waals surface area (Å²) in [5.74, 6) is 2.28. The third-order valence-corrected chi connectivity index (χ3v) is 4.51. The number of carboxylic acid groups (broad SMARTS) is 1. The van der Waals surface area contributed by atoms with Crippen LogP contribution >= 0.6 is 11.8 Å². The maximum absolute atomic E-state index is 11.2. The number of nitrogens with zero attached hydrogens (tertiary/aromatic N) is 2. The first-order valence-corrected chi connectivity index (χ1v) is 8.58. The molecule has 0 spiro atoms. The molecule has 0 radical (unpaired) electrons. The van der Waals surface area contributed by atoms with E-state index in [0.29, 0.717) is 23.0 Å². The van der Waals surface area contributed by atoms with E-state index in [1.54, 1.807) is 33.3 Å². The molecule has 1 heterocycles. The van der Waals surface area contributed by atoms with E-state index in [2.05, 4.69) is 4.98 Å². The Morgan fingerprint density at radius 2 is 1.88 bits per heavy atom. The van der Waals surface area contributed by atoms with Crippen LogP contribution < -0.4 is 20.1 Å². The average Bonchev–Trinajstić information content (AvgIpc) is 2.61. The van der Waals surface area contributed by atoms with Crippen molar-refractivity contribution in [1.29, 1.82) is 0 Å². The number of hydrogen-bond donors (Lipinski definition) is 2. The first-order valence-electron chi connectivity index (χ1n) is 7.60. The monoisotopic (exact) mass is 363 g/mol. The van der Waals surface area contributed by atoms with Crippen LogP contribution in [0.2, 0.25) is 0 Å². The van der Waals surface area contributed by atoms with Crippen molar-refractivity contribution in [2.75, 3.05) is 31.4 Å². The fraction of sp³-hybridized carbons (Fsp3) is 0.294. The quantitative estimate of drug-likeness (QED) is 0.727. The summed E-state index contributed by atoms with van der Waals surface area (Å²) < 4.78 is 10.5. The first kappa shape index (κ1) is 18.7. The van der Waals surface area contributed by atoms with Gasteiger partial charge in [-0.3, -0.25) is 4.90 Å². The molecule has 0 fully saturated rings. The summed E-state index contributed by atoms with van der Waals surface area (Å²) in [7, 11) is 3.21. The Morgan fingerprint density at radius 1 is 1.24 bits per heavy atom. The van der Waals surface area contributed by atoms with Crippen molar-refractivity contribution in [2.45, 2.75) is 17.7 Å². The molecule has 7 nitrogen and oxygen atoms in total. The van der Waals surface area contributed by atoms with Crippen molar-refractivity contribution in [3.8, 4) is 11.5 Å². The Labute approximate surface area is 150 Å². The first-order chi connectivity index (χ1) is 12.0. The number of rotatable bonds is 7. The molecule has 8 heteroatoms. The highest BCUT2D eigenvalue weighted by Gasteiger charge is 2.16. The lowest BCUT2D eigenvalue weighted by Gasteiger charge is -2.18. The molecule has 134 valence electrons. The molecule has 0 atom stereocenters. The molecule has 0 aliphatic rings. The second kappa shape index (κ2) is 8.48. The maximum atomic E-state index is 11.2. The molecule has 2 aromatic rings. The van der Waals surface area contributed by atoms with E-state index < -0.39 is 6.09 Å². The van der Waals surface area contributed by atoms with Gasteiger partial charge in [-0.05, 0) is 36.8 Å². The van der Waals surface area contributed by atoms with E-state index in [-0.39, 0.29) is 5.82 Å². The molecule has 2 rings (SSSR count). The van der Waals surface area contributed by atoms with E-state index in [0.717, 1.165) is 22.0 Å². The number of thioether (sulfide) groups is 1. The summed E-state index contributed by atoms with van der Waals surface area (Å²) in [5, 5.41) is 9.90. The van der Waals surface area contributed by atoms with Crippen LogP contribution in [-0.4, -0.2) is 36.9 Å². The van der Waals surface area contributed by atoms with Crippen LogP contribution in [0.15, 0.2) is 35.4 Å². The number of aromatic nitrogens is 1. The average molecular weight is 363 g/mol. The summed E-state index contributed by atoms with van der Waals surface area (Å²) in [6, 6.07) is 9.10. The zero-order valence-electron chi connectivity index (χ0n) is 14.4. The molecular weight excluding hydrogens is 342 g/mol. The van der Waals surface area contributed by atoms with Gasteiger partial charge in [0.2, 0.25) is 0 Å². The number of ether oxygens (including phenoxy) is 2. The van der Waals surface area contributed by atoms with Crippen LogP contribution in [0.3, 0.4) is 0 Å². The number of nitrogens with two attached hydrogens (primary N) is 1. The molecule has 3 N–H and O–H groups in total. The third kappa shape index (κ3) is 4.69. The highest BCUT2D eigenvalue weighted by Crippen LogP contribution is 2.30. The van der Waals surface area contributed by atoms with Crippen LogP contribution in [0.5, 0.6) is 11.5 Å². The van der Waals surface area contributed by atoms with Gasteiger partial charge in [0.15, 0.2) is 0 Å². The second-order valence-electron chi connectivity index (χ2n) is 5.09. The third-order valence-electron chi connectivity index (χ3n) is 3.51. The number of pyridine rings is 1. The molecule has 1 aromatic heterocycles. The van der Waals surface area contributed by atoms with Gasteiger partial charge in [-0.25, -0.2) is 9.78 Å². The predicted octanol–water partition coefficient (Wildman–Crippen LogP) is 3.48. The van der Waals surface area contributed by atoms with Gasteiger partial charge in [-0.15, -0.1) is 11.8 Å². The lowest BCUT2D eigenvalue weighted by atomic mass is 10.2. The van der Waals surface area contributed by atoms with E-state index >= 15 is 0 Å².